The van der Waals surface area contributed by atoms with E-state index in [0.29, 0.717) is 38.3 Å². The molecule has 7 heteroatoms. The summed E-state index contributed by atoms with van der Waals surface area (Å²) in [5.41, 5.74) is 3.67. The van der Waals surface area contributed by atoms with Crippen LogP contribution < -0.4 is 4.74 Å². The van der Waals surface area contributed by atoms with Crippen LogP contribution in [0, 0.1) is 0 Å². The molecule has 202 valence electrons. The van der Waals surface area contributed by atoms with E-state index >= 15 is 0 Å². The number of carbonyl (C=O) groups excluding carboxylic acids is 2. The van der Waals surface area contributed by atoms with Crippen LogP contribution in [0.15, 0.2) is 103 Å². The van der Waals surface area contributed by atoms with E-state index < -0.39 is 0 Å². The molecule has 39 heavy (non-hydrogen) atoms. The predicted molar refractivity (Wildman–Crippen MR) is 151 cm³/mol. The molecule has 0 atom stereocenters. The van der Waals surface area contributed by atoms with Crippen LogP contribution in [-0.4, -0.2) is 60.1 Å². The standard InChI is InChI=1S/C32H35N3O4/c1-38-20-19-34(32(37)28-14-7-4-8-15-28)25-31(36)35(22-26-11-5-3-6-12-26)24-29-16-10-18-33(29)23-27-13-9-17-30(21-27)39-2/h3-18,21H,19-20,22-25H2,1-2H3. The average Bonchev–Trinajstić information content (AvgIpc) is 3.41. The van der Waals surface area contributed by atoms with Gasteiger partial charge in [0.2, 0.25) is 5.91 Å². The lowest BCUT2D eigenvalue weighted by molar-refractivity contribution is -0.133. The minimum absolute atomic E-state index is 0.0412. The summed E-state index contributed by atoms with van der Waals surface area (Å²) in [6, 6.07) is 30.9. The molecule has 0 saturated carbocycles. The van der Waals surface area contributed by atoms with Gasteiger partial charge in [0, 0.05) is 44.2 Å². The molecule has 2 amide bonds. The fourth-order valence-electron chi connectivity index (χ4n) is 4.43. The molecule has 1 heterocycles. The molecule has 0 unspecified atom stereocenters. The highest BCUT2D eigenvalue weighted by atomic mass is 16.5. The molecular formula is C32H35N3O4. The Labute approximate surface area is 230 Å². The van der Waals surface area contributed by atoms with Crippen molar-refractivity contribution in [3.8, 4) is 5.75 Å². The number of aromatic nitrogens is 1. The maximum atomic E-state index is 13.8. The van der Waals surface area contributed by atoms with Crippen LogP contribution in [0.3, 0.4) is 0 Å². The lowest BCUT2D eigenvalue weighted by Gasteiger charge is -2.28. The Balaban J connectivity index is 1.56. The maximum Gasteiger partial charge on any atom is 0.254 e. The zero-order chi connectivity index (χ0) is 27.5. The molecule has 1 aromatic heterocycles. The van der Waals surface area contributed by atoms with E-state index in [-0.39, 0.29) is 18.4 Å². The van der Waals surface area contributed by atoms with E-state index in [1.165, 1.54) is 0 Å². The normalized spacial score (nSPS) is 10.7. The molecular weight excluding hydrogens is 490 g/mol. The Morgan fingerprint density at radius 3 is 2.21 bits per heavy atom. The molecule has 4 aromatic rings. The highest BCUT2D eigenvalue weighted by Gasteiger charge is 2.23. The summed E-state index contributed by atoms with van der Waals surface area (Å²) in [5, 5.41) is 0. The zero-order valence-electron chi connectivity index (χ0n) is 22.5. The molecule has 0 saturated heterocycles. The summed E-state index contributed by atoms with van der Waals surface area (Å²) in [7, 11) is 3.25. The van der Waals surface area contributed by atoms with Gasteiger partial charge in [0.05, 0.1) is 20.3 Å². The highest BCUT2D eigenvalue weighted by Crippen LogP contribution is 2.17. The molecule has 0 aliphatic heterocycles. The quantitative estimate of drug-likeness (QED) is 0.250. The van der Waals surface area contributed by atoms with Crippen LogP contribution in [0.2, 0.25) is 0 Å². The summed E-state index contributed by atoms with van der Waals surface area (Å²) in [5.74, 6) is 0.483. The van der Waals surface area contributed by atoms with E-state index in [0.717, 1.165) is 22.6 Å². The van der Waals surface area contributed by atoms with Gasteiger partial charge in [-0.3, -0.25) is 9.59 Å². The lowest BCUT2D eigenvalue weighted by atomic mass is 10.2. The van der Waals surface area contributed by atoms with E-state index in [2.05, 4.69) is 10.6 Å². The van der Waals surface area contributed by atoms with Gasteiger partial charge in [0.15, 0.2) is 0 Å². The van der Waals surface area contributed by atoms with Crippen molar-refractivity contribution in [1.82, 2.24) is 14.4 Å². The number of benzene rings is 3. The van der Waals surface area contributed by atoms with Gasteiger partial charge in [-0.1, -0.05) is 60.7 Å². The van der Waals surface area contributed by atoms with Gasteiger partial charge in [0.1, 0.15) is 12.3 Å². The first kappa shape index (κ1) is 27.7. The third-order valence-electron chi connectivity index (χ3n) is 6.53. The van der Waals surface area contributed by atoms with Crippen molar-refractivity contribution >= 4 is 11.8 Å². The van der Waals surface area contributed by atoms with Crippen molar-refractivity contribution in [2.75, 3.05) is 33.9 Å². The van der Waals surface area contributed by atoms with E-state index in [1.54, 1.807) is 31.3 Å². The van der Waals surface area contributed by atoms with Gasteiger partial charge in [0.25, 0.3) is 5.91 Å². The van der Waals surface area contributed by atoms with E-state index in [9.17, 15) is 9.59 Å². The van der Waals surface area contributed by atoms with Crippen molar-refractivity contribution in [2.45, 2.75) is 19.6 Å². The van der Waals surface area contributed by atoms with E-state index in [4.69, 9.17) is 9.47 Å². The van der Waals surface area contributed by atoms with Crippen LogP contribution in [0.4, 0.5) is 0 Å². The Morgan fingerprint density at radius 2 is 1.49 bits per heavy atom. The molecule has 0 fully saturated rings. The van der Waals surface area contributed by atoms with Gasteiger partial charge in [-0.25, -0.2) is 0 Å². The van der Waals surface area contributed by atoms with Gasteiger partial charge in [-0.05, 0) is 47.5 Å². The first-order valence-electron chi connectivity index (χ1n) is 13.0. The summed E-state index contributed by atoms with van der Waals surface area (Å²) in [6.45, 7) is 2.11. The Morgan fingerprint density at radius 1 is 0.769 bits per heavy atom. The van der Waals surface area contributed by atoms with Gasteiger partial charge in [-0.2, -0.15) is 0 Å². The highest BCUT2D eigenvalue weighted by molar-refractivity contribution is 5.96. The lowest BCUT2D eigenvalue weighted by Crippen LogP contribution is -2.44. The largest absolute Gasteiger partial charge is 0.497 e. The monoisotopic (exact) mass is 525 g/mol. The molecule has 0 radical (unpaired) electrons. The molecule has 7 nitrogen and oxygen atoms in total. The average molecular weight is 526 g/mol. The van der Waals surface area contributed by atoms with Crippen molar-refractivity contribution in [1.29, 1.82) is 0 Å². The molecule has 4 rings (SSSR count). The fraction of sp³-hybridized carbons (Fsp3) is 0.250. The minimum Gasteiger partial charge on any atom is -0.497 e. The fourth-order valence-corrected chi connectivity index (χ4v) is 4.43. The van der Waals surface area contributed by atoms with Crippen LogP contribution >= 0.6 is 0 Å². The smallest absolute Gasteiger partial charge is 0.254 e. The Bertz CT molecular complexity index is 1340. The van der Waals surface area contributed by atoms with Crippen molar-refractivity contribution < 1.29 is 19.1 Å². The maximum absolute atomic E-state index is 13.8. The topological polar surface area (TPSA) is 64.0 Å². The van der Waals surface area contributed by atoms with Gasteiger partial charge >= 0.3 is 0 Å². The molecule has 0 N–H and O–H groups in total. The van der Waals surface area contributed by atoms with Crippen LogP contribution in [0.1, 0.15) is 27.2 Å². The third-order valence-corrected chi connectivity index (χ3v) is 6.53. The number of ether oxygens (including phenoxy) is 2. The first-order chi connectivity index (χ1) is 19.1. The van der Waals surface area contributed by atoms with E-state index in [1.807, 2.05) is 90.0 Å². The van der Waals surface area contributed by atoms with Crippen LogP contribution in [0.25, 0.3) is 0 Å². The summed E-state index contributed by atoms with van der Waals surface area (Å²) in [4.78, 5) is 30.5. The predicted octanol–water partition coefficient (Wildman–Crippen LogP) is 4.86. The summed E-state index contributed by atoms with van der Waals surface area (Å²) >= 11 is 0. The molecule has 0 aliphatic rings. The number of amides is 2. The Kier molecular flexibility index (Phi) is 9.92. The number of carbonyl (C=O) groups is 2. The first-order valence-corrected chi connectivity index (χ1v) is 13.0. The molecule has 3 aromatic carbocycles. The minimum atomic E-state index is -0.193. The second-order valence-electron chi connectivity index (χ2n) is 9.30. The van der Waals surface area contributed by atoms with Crippen molar-refractivity contribution in [2.24, 2.45) is 0 Å². The SMILES string of the molecule is COCCN(CC(=O)N(Cc1ccccc1)Cc1cccn1Cc1cccc(OC)c1)C(=O)c1ccccc1. The second-order valence-corrected chi connectivity index (χ2v) is 9.30. The van der Waals surface area contributed by atoms with Gasteiger partial charge in [-0.15, -0.1) is 0 Å². The summed E-state index contributed by atoms with van der Waals surface area (Å²) in [6.07, 6.45) is 2.02. The third kappa shape index (κ3) is 7.82. The number of methoxy groups -OCH3 is 2. The second kappa shape index (κ2) is 14.0. The van der Waals surface area contributed by atoms with Crippen molar-refractivity contribution in [3.05, 3.63) is 126 Å². The van der Waals surface area contributed by atoms with Crippen molar-refractivity contribution in [3.63, 3.8) is 0 Å². The molecule has 0 spiro atoms. The number of hydrogen-bond donors (Lipinski definition) is 0. The van der Waals surface area contributed by atoms with Gasteiger partial charge < -0.3 is 23.8 Å². The molecule has 0 bridgehead atoms. The summed E-state index contributed by atoms with van der Waals surface area (Å²) < 4.78 is 12.8. The number of hydrogen-bond acceptors (Lipinski definition) is 4. The zero-order valence-corrected chi connectivity index (χ0v) is 22.5. The molecule has 0 aliphatic carbocycles. The van der Waals surface area contributed by atoms with Crippen LogP contribution in [0.5, 0.6) is 5.75 Å². The number of rotatable bonds is 13. The number of nitrogens with zero attached hydrogens (tertiary/aromatic N) is 3. The Hall–Kier alpha value is -4.36. The van der Waals surface area contributed by atoms with Crippen LogP contribution in [-0.2, 0) is 29.2 Å².